The van der Waals surface area contributed by atoms with Crippen LogP contribution in [0.4, 0.5) is 0 Å². The number of rotatable bonds is 11. The number of sulfone groups is 1. The molecule has 9 heteroatoms. The Kier molecular flexibility index (Phi) is 11.0. The molecule has 1 aromatic rings. The fourth-order valence-corrected chi connectivity index (χ4v) is 3.00. The summed E-state index contributed by atoms with van der Waals surface area (Å²) in [6.07, 6.45) is 2.89. The molecule has 0 amide bonds. The number of halogens is 2. The Morgan fingerprint density at radius 1 is 1.23 bits per heavy atom. The molecule has 148 valence electrons. The van der Waals surface area contributed by atoms with Gasteiger partial charge in [-0.25, -0.2) is 8.42 Å². The quantitative estimate of drug-likeness (QED) is 0.324. The predicted octanol–water partition coefficient (Wildman–Crippen LogP) is 2.54. The van der Waals surface area contributed by atoms with E-state index in [4.69, 9.17) is 27.9 Å². The minimum Gasteiger partial charge on any atom is -0.379 e. The molecule has 1 aromatic carbocycles. The van der Waals surface area contributed by atoms with Gasteiger partial charge in [-0.15, -0.1) is 0 Å². The van der Waals surface area contributed by atoms with Gasteiger partial charge in [0.25, 0.3) is 0 Å². The van der Waals surface area contributed by atoms with Crippen LogP contribution in [0, 0.1) is 0 Å². The van der Waals surface area contributed by atoms with E-state index in [1.54, 1.807) is 6.07 Å². The Hall–Kier alpha value is -1.02. The van der Waals surface area contributed by atoms with E-state index in [2.05, 4.69) is 15.6 Å². The maximum Gasteiger partial charge on any atom is 0.191 e. The lowest BCUT2D eigenvalue weighted by Crippen LogP contribution is -2.39. The third-order valence-electron chi connectivity index (χ3n) is 3.37. The second kappa shape index (κ2) is 12.4. The highest BCUT2D eigenvalue weighted by Crippen LogP contribution is 2.21. The summed E-state index contributed by atoms with van der Waals surface area (Å²) in [5.74, 6) is 0.746. The minimum absolute atomic E-state index is 0.0361. The molecule has 26 heavy (non-hydrogen) atoms. The van der Waals surface area contributed by atoms with E-state index in [0.29, 0.717) is 35.7 Å². The SMILES string of the molecule is CCNC(=NCCCc1ccc(Cl)cc1Cl)NCCOCCS(C)(=O)=O. The van der Waals surface area contributed by atoms with Crippen molar-refractivity contribution in [2.45, 2.75) is 19.8 Å². The van der Waals surface area contributed by atoms with Crippen molar-refractivity contribution in [3.63, 3.8) is 0 Å². The number of hydrogen-bond acceptors (Lipinski definition) is 4. The summed E-state index contributed by atoms with van der Waals surface area (Å²) in [4.78, 5) is 4.51. The van der Waals surface area contributed by atoms with E-state index in [-0.39, 0.29) is 12.4 Å². The smallest absolute Gasteiger partial charge is 0.191 e. The highest BCUT2D eigenvalue weighted by molar-refractivity contribution is 7.90. The lowest BCUT2D eigenvalue weighted by atomic mass is 10.1. The van der Waals surface area contributed by atoms with Crippen LogP contribution in [-0.4, -0.2) is 59.2 Å². The normalized spacial score (nSPS) is 12.2. The molecule has 6 nitrogen and oxygen atoms in total. The van der Waals surface area contributed by atoms with Crippen LogP contribution in [0.1, 0.15) is 18.9 Å². The summed E-state index contributed by atoms with van der Waals surface area (Å²) in [5.41, 5.74) is 1.06. The Balaban J connectivity index is 2.29. The van der Waals surface area contributed by atoms with Crippen LogP contribution in [0.5, 0.6) is 0 Å². The monoisotopic (exact) mass is 423 g/mol. The van der Waals surface area contributed by atoms with Crippen molar-refractivity contribution in [3.8, 4) is 0 Å². The molecule has 0 unspecified atom stereocenters. The summed E-state index contributed by atoms with van der Waals surface area (Å²) in [6.45, 7) is 4.58. The lowest BCUT2D eigenvalue weighted by molar-refractivity contribution is 0.154. The average Bonchev–Trinajstić information content (AvgIpc) is 2.55. The van der Waals surface area contributed by atoms with Crippen molar-refractivity contribution in [3.05, 3.63) is 33.8 Å². The van der Waals surface area contributed by atoms with Crippen molar-refractivity contribution in [2.24, 2.45) is 4.99 Å². The van der Waals surface area contributed by atoms with Gasteiger partial charge in [0.05, 0.1) is 19.0 Å². The fourth-order valence-electron chi connectivity index (χ4n) is 2.08. The Morgan fingerprint density at radius 2 is 2.00 bits per heavy atom. The molecule has 0 radical (unpaired) electrons. The second-order valence-corrected chi connectivity index (χ2v) is 8.87. The van der Waals surface area contributed by atoms with Gasteiger partial charge in [-0.05, 0) is 37.5 Å². The molecule has 0 spiro atoms. The zero-order chi connectivity index (χ0) is 19.4. The molecule has 0 bridgehead atoms. The van der Waals surface area contributed by atoms with Crippen molar-refractivity contribution in [1.29, 1.82) is 0 Å². The van der Waals surface area contributed by atoms with Crippen LogP contribution in [0.25, 0.3) is 0 Å². The van der Waals surface area contributed by atoms with E-state index in [0.717, 1.165) is 24.9 Å². The van der Waals surface area contributed by atoms with Crippen molar-refractivity contribution in [1.82, 2.24) is 10.6 Å². The first-order valence-electron chi connectivity index (χ1n) is 8.53. The first-order chi connectivity index (χ1) is 12.3. The largest absolute Gasteiger partial charge is 0.379 e. The number of nitrogens with zero attached hydrogens (tertiary/aromatic N) is 1. The van der Waals surface area contributed by atoms with Crippen LogP contribution in [-0.2, 0) is 21.0 Å². The van der Waals surface area contributed by atoms with Gasteiger partial charge in [0, 0.05) is 35.9 Å². The summed E-state index contributed by atoms with van der Waals surface area (Å²) < 4.78 is 27.3. The number of benzene rings is 1. The zero-order valence-electron chi connectivity index (χ0n) is 15.2. The Labute approximate surface area is 166 Å². The third kappa shape index (κ3) is 10.9. The van der Waals surface area contributed by atoms with Gasteiger partial charge >= 0.3 is 0 Å². The van der Waals surface area contributed by atoms with Crippen LogP contribution < -0.4 is 10.6 Å². The van der Waals surface area contributed by atoms with E-state index < -0.39 is 9.84 Å². The Morgan fingerprint density at radius 3 is 2.65 bits per heavy atom. The molecule has 0 aliphatic carbocycles. The van der Waals surface area contributed by atoms with Gasteiger partial charge < -0.3 is 15.4 Å². The van der Waals surface area contributed by atoms with Gasteiger partial charge in [0.2, 0.25) is 0 Å². The minimum atomic E-state index is -2.98. The highest BCUT2D eigenvalue weighted by Gasteiger charge is 2.03. The second-order valence-electron chi connectivity index (χ2n) is 5.77. The molecular weight excluding hydrogens is 397 g/mol. The van der Waals surface area contributed by atoms with Gasteiger partial charge in [0.1, 0.15) is 9.84 Å². The van der Waals surface area contributed by atoms with Gasteiger partial charge in [0.15, 0.2) is 5.96 Å². The van der Waals surface area contributed by atoms with Crippen LogP contribution in [0.15, 0.2) is 23.2 Å². The van der Waals surface area contributed by atoms with E-state index >= 15 is 0 Å². The molecular formula is C17H27Cl2N3O3S. The van der Waals surface area contributed by atoms with Crippen molar-refractivity contribution in [2.75, 3.05) is 44.9 Å². The average molecular weight is 424 g/mol. The lowest BCUT2D eigenvalue weighted by Gasteiger charge is -2.11. The van der Waals surface area contributed by atoms with Crippen LogP contribution >= 0.6 is 23.2 Å². The van der Waals surface area contributed by atoms with Crippen LogP contribution in [0.3, 0.4) is 0 Å². The number of hydrogen-bond donors (Lipinski definition) is 2. The highest BCUT2D eigenvalue weighted by atomic mass is 35.5. The molecule has 0 aromatic heterocycles. The first kappa shape index (κ1) is 23.0. The molecule has 2 N–H and O–H groups in total. The number of aliphatic imine (C=N–C) groups is 1. The topological polar surface area (TPSA) is 79.8 Å². The molecule has 0 aliphatic rings. The standard InChI is InChI=1S/C17H27Cl2N3O3S/c1-3-20-17(22-9-10-25-11-12-26(2,23)24)21-8-4-5-14-6-7-15(18)13-16(14)19/h6-7,13H,3-5,8-12H2,1-2H3,(H2,20,21,22). The zero-order valence-corrected chi connectivity index (χ0v) is 17.6. The summed E-state index contributed by atoms with van der Waals surface area (Å²) in [7, 11) is -2.98. The van der Waals surface area contributed by atoms with Crippen LogP contribution in [0.2, 0.25) is 10.0 Å². The molecule has 0 atom stereocenters. The fraction of sp³-hybridized carbons (Fsp3) is 0.588. The van der Waals surface area contributed by atoms with Gasteiger partial charge in [-0.1, -0.05) is 29.3 Å². The summed E-state index contributed by atoms with van der Waals surface area (Å²) in [6, 6.07) is 5.52. The Bertz CT molecular complexity index is 682. The third-order valence-corrected chi connectivity index (χ3v) is 4.87. The van der Waals surface area contributed by atoms with Gasteiger partial charge in [-0.2, -0.15) is 0 Å². The molecule has 0 aliphatic heterocycles. The van der Waals surface area contributed by atoms with E-state index in [1.807, 2.05) is 19.1 Å². The maximum atomic E-state index is 11.0. The summed E-state index contributed by atoms with van der Waals surface area (Å²) >= 11 is 12.1. The molecule has 0 heterocycles. The maximum absolute atomic E-state index is 11.0. The number of nitrogens with one attached hydrogen (secondary N) is 2. The number of aryl methyl sites for hydroxylation is 1. The first-order valence-corrected chi connectivity index (χ1v) is 11.3. The molecule has 1 rings (SSSR count). The van der Waals surface area contributed by atoms with Crippen molar-refractivity contribution >= 4 is 39.0 Å². The number of guanidine groups is 1. The number of ether oxygens (including phenoxy) is 1. The van der Waals surface area contributed by atoms with E-state index in [9.17, 15) is 8.42 Å². The van der Waals surface area contributed by atoms with Gasteiger partial charge in [-0.3, -0.25) is 4.99 Å². The molecule has 0 saturated carbocycles. The van der Waals surface area contributed by atoms with E-state index in [1.165, 1.54) is 6.26 Å². The summed E-state index contributed by atoms with van der Waals surface area (Å²) in [5, 5.41) is 7.63. The van der Waals surface area contributed by atoms with Crippen molar-refractivity contribution < 1.29 is 13.2 Å². The molecule has 0 fully saturated rings. The predicted molar refractivity (Wildman–Crippen MR) is 109 cm³/mol. The molecule has 0 saturated heterocycles.